The van der Waals surface area contributed by atoms with Crippen LogP contribution >= 0.6 is 0 Å². The van der Waals surface area contributed by atoms with Crippen LogP contribution in [0.5, 0.6) is 11.5 Å². The topological polar surface area (TPSA) is 297 Å². The van der Waals surface area contributed by atoms with Crippen LogP contribution in [-0.4, -0.2) is 241 Å². The molecule has 0 aromatic heterocycles. The quantitative estimate of drug-likeness (QED) is 0.136. The summed E-state index contributed by atoms with van der Waals surface area (Å²) in [6.07, 6.45) is 2.73. The molecule has 1 fully saturated rings. The summed E-state index contributed by atoms with van der Waals surface area (Å²) < 4.78 is 10.9. The number of benzene rings is 1. The Labute approximate surface area is 560 Å². The molecular formula is C69H117N11O14. The molecule has 11 amide bonds. The number of hydrogen-bond donors (Lipinski definition) is 5. The second-order valence-electron chi connectivity index (χ2n) is 28.0. The molecule has 0 bridgehead atoms. The second kappa shape index (κ2) is 37.7. The summed E-state index contributed by atoms with van der Waals surface area (Å²) in [5, 5.41) is 23.5. The number of allylic oxidation sites excluding steroid dienone is 1. The summed E-state index contributed by atoms with van der Waals surface area (Å²) in [5.74, 6) is -9.15. The molecule has 1 saturated heterocycles. The number of ether oxygens (including phenoxy) is 2. The van der Waals surface area contributed by atoms with Gasteiger partial charge in [0.05, 0.1) is 26.9 Å². The first-order valence-corrected chi connectivity index (χ1v) is 33.2. The first-order chi connectivity index (χ1) is 43.6. The Kier molecular flexibility index (Phi) is 33.2. The fourth-order valence-electron chi connectivity index (χ4n) is 11.7. The molecule has 0 spiro atoms. The van der Waals surface area contributed by atoms with Crippen molar-refractivity contribution < 1.29 is 67.3 Å². The van der Waals surface area contributed by atoms with Gasteiger partial charge in [-0.15, -0.1) is 0 Å². The lowest BCUT2D eigenvalue weighted by atomic mass is 9.91. The van der Waals surface area contributed by atoms with Gasteiger partial charge >= 0.3 is 0 Å². The smallest absolute Gasteiger partial charge is 0.246 e. The molecule has 0 aliphatic carbocycles. The fourth-order valence-corrected chi connectivity index (χ4v) is 11.7. The minimum Gasteiger partial charge on any atom is -0.493 e. The van der Waals surface area contributed by atoms with E-state index in [1.165, 1.54) is 102 Å². The van der Waals surface area contributed by atoms with Crippen molar-refractivity contribution in [3.05, 3.63) is 29.8 Å². The van der Waals surface area contributed by atoms with Crippen LogP contribution in [0.3, 0.4) is 0 Å². The zero-order chi connectivity index (χ0) is 72.2. The van der Waals surface area contributed by atoms with Crippen molar-refractivity contribution in [1.29, 1.82) is 0 Å². The number of rotatable bonds is 18. The fraction of sp³-hybridized carbons (Fsp3) is 0.725. The van der Waals surface area contributed by atoms with E-state index in [1.54, 1.807) is 65.8 Å². The van der Waals surface area contributed by atoms with E-state index in [-0.39, 0.29) is 62.2 Å². The Morgan fingerprint density at radius 1 is 0.489 bits per heavy atom. The van der Waals surface area contributed by atoms with Gasteiger partial charge in [-0.25, -0.2) is 0 Å². The molecule has 1 heterocycles. The first-order valence-electron chi connectivity index (χ1n) is 33.2. The van der Waals surface area contributed by atoms with E-state index in [1.807, 2.05) is 61.5 Å². The zero-order valence-corrected chi connectivity index (χ0v) is 61.1. The van der Waals surface area contributed by atoms with E-state index in [0.717, 1.165) is 15.4 Å². The van der Waals surface area contributed by atoms with Crippen molar-refractivity contribution in [2.24, 2.45) is 41.4 Å². The van der Waals surface area contributed by atoms with E-state index in [2.05, 4.69) is 21.3 Å². The summed E-state index contributed by atoms with van der Waals surface area (Å²) >= 11 is 0. The number of hydrogen-bond acceptors (Lipinski definition) is 14. The van der Waals surface area contributed by atoms with Crippen LogP contribution in [0.4, 0.5) is 0 Å². The number of carbonyl (C=O) groups is 11. The highest BCUT2D eigenvalue weighted by molar-refractivity contribution is 5.99. The lowest BCUT2D eigenvalue weighted by Crippen LogP contribution is -2.63. The van der Waals surface area contributed by atoms with Crippen LogP contribution in [0.1, 0.15) is 155 Å². The van der Waals surface area contributed by atoms with Crippen LogP contribution in [0.15, 0.2) is 24.3 Å². The van der Waals surface area contributed by atoms with Crippen molar-refractivity contribution in [2.45, 2.75) is 216 Å². The number of nitrogens with zero attached hydrogens (tertiary/aromatic N) is 7. The third-order valence-electron chi connectivity index (χ3n) is 17.6. The minimum absolute atomic E-state index is 0.00938. The van der Waals surface area contributed by atoms with Crippen molar-refractivity contribution in [3.63, 3.8) is 0 Å². The molecule has 25 nitrogen and oxygen atoms in total. The largest absolute Gasteiger partial charge is 0.493 e. The van der Waals surface area contributed by atoms with Gasteiger partial charge in [-0.3, -0.25) is 52.7 Å². The normalized spacial score (nSPS) is 25.4. The molecule has 532 valence electrons. The summed E-state index contributed by atoms with van der Waals surface area (Å²) in [4.78, 5) is 170. The van der Waals surface area contributed by atoms with Crippen molar-refractivity contribution >= 4 is 71.1 Å². The number of amides is 11. The van der Waals surface area contributed by atoms with Crippen LogP contribution < -0.4 is 30.7 Å². The second-order valence-corrected chi connectivity index (χ2v) is 28.0. The van der Waals surface area contributed by atoms with Crippen LogP contribution in [-0.2, 0) is 52.7 Å². The zero-order valence-electron chi connectivity index (χ0n) is 61.1. The van der Waals surface area contributed by atoms with Crippen molar-refractivity contribution in [2.75, 3.05) is 70.1 Å². The Hall–Kier alpha value is -7.31. The maximum atomic E-state index is 15.4. The number of methoxy groups -OCH3 is 2. The predicted octanol–water partition coefficient (Wildman–Crippen LogP) is 4.42. The Bertz CT molecular complexity index is 2790. The molecule has 1 aromatic carbocycles. The molecule has 2 rings (SSSR count). The molecule has 25 heteroatoms. The van der Waals surface area contributed by atoms with Crippen molar-refractivity contribution in [3.8, 4) is 11.5 Å². The number of aliphatic hydroxyl groups is 1. The molecule has 94 heavy (non-hydrogen) atoms. The summed E-state index contributed by atoms with van der Waals surface area (Å²) in [6, 6.07) is -7.31. The lowest BCUT2D eigenvalue weighted by molar-refractivity contribution is -0.157. The van der Waals surface area contributed by atoms with E-state index in [4.69, 9.17) is 9.47 Å². The third-order valence-corrected chi connectivity index (χ3v) is 17.6. The van der Waals surface area contributed by atoms with Gasteiger partial charge in [-0.1, -0.05) is 115 Å². The average Bonchev–Trinajstić information content (AvgIpc) is 0.806. The van der Waals surface area contributed by atoms with Gasteiger partial charge in [0.2, 0.25) is 65.0 Å². The molecule has 1 aliphatic heterocycles. The van der Waals surface area contributed by atoms with Gasteiger partial charge in [0.1, 0.15) is 60.4 Å². The standard InChI is InChI=1S/C69H117N11O14/c1-26-48-65(88)74(17)37-55(81)75(18)49(32-38(2)3)62(85)73-56(42(10)11)68(91)76(19)50(33-39(4)5)61(84)70-45(15)60(83)71-46(16)64(87)77(20)51(34-40(6)7)66(89)78(21)52(35-41(8)9)67(90)79(22)57(43(12)13)69(92)80(23)58(63(86)72-48)59(82)44(14)28-27-29-47-30-31-53(93-24)54(36-47)94-25/h27,29-31,36,38-46,48-52,56-59,82H,26,28,32-35,37H2,1-25H3,(H,70,84)(H,71,83)(H,72,86)(H,73,85)/b29-27+/t44-,45+,46-,48+,49+,50+,51+,52+,56+,57+,58+,59-/m1/s1. The van der Waals surface area contributed by atoms with Crippen LogP contribution in [0, 0.1) is 41.4 Å². The van der Waals surface area contributed by atoms with Gasteiger partial charge in [0.25, 0.3) is 0 Å². The molecule has 0 saturated carbocycles. The van der Waals surface area contributed by atoms with Gasteiger partial charge in [-0.2, -0.15) is 0 Å². The van der Waals surface area contributed by atoms with Gasteiger partial charge in [0, 0.05) is 49.3 Å². The van der Waals surface area contributed by atoms with Crippen LogP contribution in [0.2, 0.25) is 0 Å². The Morgan fingerprint density at radius 3 is 1.41 bits per heavy atom. The lowest BCUT2D eigenvalue weighted by Gasteiger charge is -2.41. The van der Waals surface area contributed by atoms with Crippen molar-refractivity contribution in [1.82, 2.24) is 55.6 Å². The van der Waals surface area contributed by atoms with Gasteiger partial charge in [-0.05, 0) is 111 Å². The molecule has 1 aromatic rings. The summed E-state index contributed by atoms with van der Waals surface area (Å²) in [5.41, 5.74) is 0.743. The highest BCUT2D eigenvalue weighted by Gasteiger charge is 2.46. The van der Waals surface area contributed by atoms with Gasteiger partial charge < -0.3 is 70.1 Å². The average molecular weight is 1320 g/mol. The molecule has 1 aliphatic rings. The third kappa shape index (κ3) is 22.7. The van der Waals surface area contributed by atoms with E-state index < -0.39 is 156 Å². The summed E-state index contributed by atoms with van der Waals surface area (Å²) in [6.45, 7) is 27.4. The number of aliphatic hydroxyl groups excluding tert-OH is 1. The monoisotopic (exact) mass is 1320 g/mol. The summed E-state index contributed by atoms with van der Waals surface area (Å²) in [7, 11) is 12.9. The van der Waals surface area contributed by atoms with Gasteiger partial charge in [0.15, 0.2) is 11.5 Å². The number of carbonyl (C=O) groups excluding carboxylic acids is 11. The molecule has 0 radical (unpaired) electrons. The first kappa shape index (κ1) is 82.8. The SMILES string of the molecule is CC[C@@H]1NC(=O)[C@H]([C@H](O)[C@H](C)C/C=C/c2ccc(OC)c(OC)c2)N(C)C(=O)[C@H](C(C)C)N(C)C(=O)[C@H](CC(C)C)N(C)C(=O)[C@H](CC(C)C)N(C)C(=O)[C@@H](C)NC(=O)[C@H](C)NC(=O)[C@H](CC(C)C)N(C)C(=O)[C@H](C(C)C)NC(=O)[C@H](CC(C)C)N(C)C(=O)CN(C)C1=O. The predicted molar refractivity (Wildman–Crippen MR) is 362 cm³/mol. The highest BCUT2D eigenvalue weighted by atomic mass is 16.5. The van der Waals surface area contributed by atoms with E-state index in [0.29, 0.717) is 11.5 Å². The number of likely N-dealkylation sites (N-methyl/N-ethyl adjacent to an activating group) is 7. The molecule has 12 atom stereocenters. The molecular weight excluding hydrogens is 1210 g/mol. The molecule has 5 N–H and O–H groups in total. The van der Waals surface area contributed by atoms with Crippen LogP contribution in [0.25, 0.3) is 6.08 Å². The Morgan fingerprint density at radius 2 is 0.936 bits per heavy atom. The highest BCUT2D eigenvalue weighted by Crippen LogP contribution is 2.30. The van der Waals surface area contributed by atoms with E-state index in [9.17, 15) is 38.7 Å². The maximum Gasteiger partial charge on any atom is 0.246 e. The maximum absolute atomic E-state index is 15.4. The Balaban J connectivity index is 3.01. The molecule has 0 unspecified atom stereocenters. The van der Waals surface area contributed by atoms with E-state index >= 15 is 19.2 Å². The number of nitrogens with one attached hydrogen (secondary N) is 4. The minimum atomic E-state index is -1.69.